The van der Waals surface area contributed by atoms with Crippen molar-refractivity contribution in [2.24, 2.45) is 5.90 Å². The minimum Gasteiger partial charge on any atom is -0.475 e. The number of nitrogens with one attached hydrogen (secondary N) is 1. The molecule has 2 rings (SSSR count). The molecule has 1 aliphatic heterocycles. The maximum Gasteiger partial charge on any atom is 0.430 e. The minimum absolute atomic E-state index is 0.0109. The molecule has 0 radical (unpaired) electrons. The molecular formula is C21H34ClF3N3O5+. The van der Waals surface area contributed by atoms with Crippen molar-refractivity contribution in [3.8, 4) is 5.75 Å². The summed E-state index contributed by atoms with van der Waals surface area (Å²) < 4.78 is 49.6. The number of fused-ring (bicyclic) bond motifs is 1. The fourth-order valence-electron chi connectivity index (χ4n) is 2.37. The topological polar surface area (TPSA) is 131 Å². The molecule has 190 valence electrons. The van der Waals surface area contributed by atoms with E-state index in [1.54, 1.807) is 0 Å². The molecule has 0 saturated carbocycles. The molecule has 0 bridgehead atoms. The van der Waals surface area contributed by atoms with Crippen molar-refractivity contribution in [2.45, 2.75) is 64.8 Å². The molecule has 0 amide bonds. The number of esters is 1. The summed E-state index contributed by atoms with van der Waals surface area (Å²) in [6.45, 7) is 11.3. The van der Waals surface area contributed by atoms with Gasteiger partial charge in [-0.2, -0.15) is 13.2 Å². The predicted octanol–water partition coefficient (Wildman–Crippen LogP) is 3.36. The van der Waals surface area contributed by atoms with E-state index in [9.17, 15) is 18.0 Å². The van der Waals surface area contributed by atoms with Gasteiger partial charge in [0, 0.05) is 16.1 Å². The predicted molar refractivity (Wildman–Crippen MR) is 118 cm³/mol. The van der Waals surface area contributed by atoms with Gasteiger partial charge in [0.2, 0.25) is 12.9 Å². The second-order valence-electron chi connectivity index (χ2n) is 8.98. The molecule has 33 heavy (non-hydrogen) atoms. The Bertz CT molecular complexity index is 819. The van der Waals surface area contributed by atoms with Crippen molar-refractivity contribution in [2.75, 3.05) is 13.8 Å². The minimum atomic E-state index is -4.81. The van der Waals surface area contributed by atoms with Gasteiger partial charge in [-0.3, -0.25) is 4.84 Å². The Morgan fingerprint density at radius 3 is 2.12 bits per heavy atom. The summed E-state index contributed by atoms with van der Waals surface area (Å²) in [7, 11) is 1.96. The Hall–Kier alpha value is -1.89. The van der Waals surface area contributed by atoms with E-state index in [0.717, 1.165) is 6.08 Å². The Morgan fingerprint density at radius 1 is 1.21 bits per heavy atom. The van der Waals surface area contributed by atoms with Gasteiger partial charge in [-0.1, -0.05) is 32.4 Å². The Kier molecular flexibility index (Phi) is 11.8. The molecule has 0 aromatic heterocycles. The first-order valence-corrected chi connectivity index (χ1v) is 10.2. The summed E-state index contributed by atoms with van der Waals surface area (Å²) in [5, 5.41) is 10.2. The molecule has 12 heteroatoms. The number of rotatable bonds is 3. The van der Waals surface area contributed by atoms with Crippen LogP contribution in [0.5, 0.6) is 5.75 Å². The van der Waals surface area contributed by atoms with Crippen LogP contribution in [0.15, 0.2) is 17.7 Å². The quantitative estimate of drug-likeness (QED) is 0.284. The lowest BCUT2D eigenvalue weighted by Crippen LogP contribution is -2.42. The van der Waals surface area contributed by atoms with Crippen LogP contribution in [0.4, 0.5) is 13.2 Å². The third kappa shape index (κ3) is 9.86. The summed E-state index contributed by atoms with van der Waals surface area (Å²) >= 11 is 6.22. The van der Waals surface area contributed by atoms with E-state index in [1.807, 2.05) is 27.8 Å². The molecule has 8 nitrogen and oxygen atoms in total. The highest BCUT2D eigenvalue weighted by Gasteiger charge is 2.49. The molecule has 1 unspecified atom stereocenters. The molecule has 7 N–H and O–H groups in total. The lowest BCUT2D eigenvalue weighted by molar-refractivity contribution is -0.670. The zero-order valence-electron chi connectivity index (χ0n) is 19.9. The van der Waals surface area contributed by atoms with Crippen LogP contribution < -0.4 is 21.8 Å². The first kappa shape index (κ1) is 31.1. The summed E-state index contributed by atoms with van der Waals surface area (Å²) in [5.41, 5.74) is 0.0606. The van der Waals surface area contributed by atoms with E-state index < -0.39 is 36.0 Å². The van der Waals surface area contributed by atoms with Crippen LogP contribution >= 0.6 is 11.6 Å². The van der Waals surface area contributed by atoms with Crippen LogP contribution in [-0.4, -0.2) is 42.8 Å². The Balaban J connectivity index is 0.00000111. The summed E-state index contributed by atoms with van der Waals surface area (Å²) in [5.74, 6) is 5.71. The van der Waals surface area contributed by atoms with Crippen LogP contribution in [0, 0.1) is 0 Å². The third-order valence-corrected chi connectivity index (χ3v) is 4.60. The maximum atomic E-state index is 13.3. The summed E-state index contributed by atoms with van der Waals surface area (Å²) in [4.78, 5) is 15.9. The number of hydrogen-bond donors (Lipinski definition) is 4. The zero-order valence-corrected chi connectivity index (χ0v) is 20.6. The van der Waals surface area contributed by atoms with Crippen molar-refractivity contribution >= 4 is 23.6 Å². The van der Waals surface area contributed by atoms with E-state index in [2.05, 4.69) is 41.6 Å². The molecule has 1 aromatic carbocycles. The lowest BCUT2D eigenvalue weighted by atomic mass is 9.85. The monoisotopic (exact) mass is 500 g/mol. The van der Waals surface area contributed by atoms with E-state index in [0.29, 0.717) is 16.1 Å². The largest absolute Gasteiger partial charge is 0.475 e. The number of carbonyl (C=O) groups is 1. The normalized spacial score (nSPS) is 15.6. The van der Waals surface area contributed by atoms with Gasteiger partial charge in [-0.15, -0.1) is 0 Å². The lowest BCUT2D eigenvalue weighted by Gasteiger charge is -2.30. The second kappa shape index (κ2) is 12.5. The van der Waals surface area contributed by atoms with Gasteiger partial charge in [-0.05, 0) is 57.0 Å². The van der Waals surface area contributed by atoms with Gasteiger partial charge >= 0.3 is 12.1 Å². The van der Waals surface area contributed by atoms with Crippen molar-refractivity contribution in [1.29, 1.82) is 0 Å². The third-order valence-electron chi connectivity index (χ3n) is 4.29. The fourth-order valence-corrected chi connectivity index (χ4v) is 2.83. The Morgan fingerprint density at radius 2 is 1.73 bits per heavy atom. The van der Waals surface area contributed by atoms with Crippen LogP contribution in [0.25, 0.3) is 6.08 Å². The molecule has 1 aliphatic rings. The number of ether oxygens (including phenoxy) is 2. The second-order valence-corrected chi connectivity index (χ2v) is 9.38. The highest BCUT2D eigenvalue weighted by atomic mass is 35.5. The number of alkyl halides is 3. The van der Waals surface area contributed by atoms with Gasteiger partial charge in [0.15, 0.2) is 0 Å². The molecule has 1 atom stereocenters. The van der Waals surface area contributed by atoms with Crippen molar-refractivity contribution in [1.82, 2.24) is 5.32 Å². The van der Waals surface area contributed by atoms with Gasteiger partial charge in [-0.25, -0.2) is 21.8 Å². The van der Waals surface area contributed by atoms with Crippen LogP contribution in [-0.2, 0) is 19.8 Å². The SMILES string of the molecule is CC(C)(C)c1cc2c(cc1Cl)C=C(C(=O)OCON)C(C(F)(F)F)O2.CNC(C)(C)C.[NH3+]O. The smallest absolute Gasteiger partial charge is 0.430 e. The van der Waals surface area contributed by atoms with E-state index in [4.69, 9.17) is 27.4 Å². The van der Waals surface area contributed by atoms with Gasteiger partial charge in [0.1, 0.15) is 5.75 Å². The van der Waals surface area contributed by atoms with Gasteiger partial charge in [0.05, 0.1) is 5.57 Å². The van der Waals surface area contributed by atoms with Gasteiger partial charge < -0.3 is 14.8 Å². The zero-order chi connectivity index (χ0) is 26.2. The number of quaternary nitrogens is 1. The first-order chi connectivity index (χ1) is 15.0. The Labute approximate surface area is 196 Å². The maximum absolute atomic E-state index is 13.3. The number of hydrogen-bond acceptors (Lipinski definition) is 7. The average Bonchev–Trinajstić information content (AvgIpc) is 2.70. The standard InChI is InChI=1S/C16H17ClF3NO4.C5H13N.H4NO/c1-15(2,3)10-6-12-8(5-11(10)17)4-9(14(22)23-7-24-21)13(25-12)16(18,19)20;1-5(2,3)6-4;1-2/h4-6,13H,7,21H2,1-3H3;6H,1-4H3;2H,1H3/q;;+1. The highest BCUT2D eigenvalue weighted by Crippen LogP contribution is 2.42. The summed E-state index contributed by atoms with van der Waals surface area (Å²) in [6, 6.07) is 2.91. The van der Waals surface area contributed by atoms with Crippen molar-refractivity contribution in [3.63, 3.8) is 0 Å². The number of nitrogens with two attached hydrogens (primary N) is 1. The van der Waals surface area contributed by atoms with Gasteiger partial charge in [0.25, 0.3) is 0 Å². The number of halogens is 4. The van der Waals surface area contributed by atoms with Crippen molar-refractivity contribution < 1.29 is 43.4 Å². The van der Waals surface area contributed by atoms with E-state index in [-0.39, 0.29) is 11.3 Å². The van der Waals surface area contributed by atoms with Crippen LogP contribution in [0.1, 0.15) is 52.7 Å². The molecular weight excluding hydrogens is 467 g/mol. The number of benzene rings is 1. The van der Waals surface area contributed by atoms with Crippen molar-refractivity contribution in [3.05, 3.63) is 33.9 Å². The highest BCUT2D eigenvalue weighted by molar-refractivity contribution is 6.31. The fraction of sp³-hybridized carbons (Fsp3) is 0.571. The van der Waals surface area contributed by atoms with Crippen LogP contribution in [0.2, 0.25) is 5.02 Å². The van der Waals surface area contributed by atoms with E-state index in [1.165, 1.54) is 12.1 Å². The number of carbonyl (C=O) groups excluding carboxylic acids is 1. The molecule has 0 spiro atoms. The molecule has 0 fully saturated rings. The first-order valence-electron chi connectivity index (χ1n) is 9.79. The molecule has 1 aromatic rings. The van der Waals surface area contributed by atoms with E-state index >= 15 is 0 Å². The average molecular weight is 501 g/mol. The molecule has 0 aliphatic carbocycles. The summed E-state index contributed by atoms with van der Waals surface area (Å²) in [6.07, 6.45) is -6.22. The van der Waals surface area contributed by atoms with Crippen LogP contribution in [0.3, 0.4) is 0 Å². The molecule has 1 heterocycles. The molecule has 0 saturated heterocycles.